The summed E-state index contributed by atoms with van der Waals surface area (Å²) in [6, 6.07) is 2.06. The van der Waals surface area contributed by atoms with Gasteiger partial charge in [0.15, 0.2) is 0 Å². The fourth-order valence-electron chi connectivity index (χ4n) is 1.55. The van der Waals surface area contributed by atoms with Gasteiger partial charge in [0.2, 0.25) is 10.0 Å². The van der Waals surface area contributed by atoms with Crippen LogP contribution in [0.25, 0.3) is 0 Å². The molecule has 0 amide bonds. The number of halogens is 1. The van der Waals surface area contributed by atoms with Gasteiger partial charge >= 0.3 is 0 Å². The van der Waals surface area contributed by atoms with Crippen LogP contribution in [-0.4, -0.2) is 19.4 Å². The molecule has 0 radical (unpaired) electrons. The van der Waals surface area contributed by atoms with Crippen molar-refractivity contribution in [2.24, 2.45) is 0 Å². The Kier molecular flexibility index (Phi) is 5.92. The van der Waals surface area contributed by atoms with Crippen molar-refractivity contribution >= 4 is 48.6 Å². The molecule has 0 atom stereocenters. The molecule has 0 aliphatic carbocycles. The summed E-state index contributed by atoms with van der Waals surface area (Å²) in [7, 11) is -3.53. The first-order valence-corrected chi connectivity index (χ1v) is 10.3. The van der Waals surface area contributed by atoms with Crippen LogP contribution in [0.4, 0.5) is 0 Å². The van der Waals surface area contributed by atoms with Crippen LogP contribution in [0.3, 0.4) is 0 Å². The van der Waals surface area contributed by atoms with Gasteiger partial charge in [-0.2, -0.15) is 0 Å². The summed E-state index contributed by atoms with van der Waals surface area (Å²) in [4.78, 5) is 5.32. The van der Waals surface area contributed by atoms with Crippen molar-refractivity contribution in [3.63, 3.8) is 0 Å². The number of nitrogens with one attached hydrogen (secondary N) is 2. The van der Waals surface area contributed by atoms with Gasteiger partial charge in [-0.3, -0.25) is 0 Å². The lowest BCUT2D eigenvalue weighted by Crippen LogP contribution is -2.23. The highest BCUT2D eigenvalue weighted by Gasteiger charge is 2.21. The van der Waals surface area contributed by atoms with E-state index in [0.717, 1.165) is 9.88 Å². The Balaban J connectivity index is 2.08. The lowest BCUT2D eigenvalue weighted by Gasteiger charge is -2.05. The van der Waals surface area contributed by atoms with Crippen molar-refractivity contribution < 1.29 is 8.42 Å². The van der Waals surface area contributed by atoms with E-state index in [1.165, 1.54) is 22.7 Å². The van der Waals surface area contributed by atoms with Crippen LogP contribution < -0.4 is 10.0 Å². The van der Waals surface area contributed by atoms with Gasteiger partial charge < -0.3 is 5.32 Å². The first-order valence-electron chi connectivity index (χ1n) is 6.28. The van der Waals surface area contributed by atoms with E-state index in [1.807, 2.05) is 5.38 Å². The average molecular weight is 410 g/mol. The second kappa shape index (κ2) is 7.30. The van der Waals surface area contributed by atoms with E-state index in [-0.39, 0.29) is 11.4 Å². The summed E-state index contributed by atoms with van der Waals surface area (Å²) in [5.41, 5.74) is 0. The maximum atomic E-state index is 12.3. The molecule has 0 saturated heterocycles. The quantitative estimate of drug-likeness (QED) is 0.737. The fraction of sp³-hybridized carbons (Fsp3) is 0.417. The number of thiazole rings is 1. The van der Waals surface area contributed by atoms with Crippen LogP contribution in [-0.2, 0) is 23.1 Å². The lowest BCUT2D eigenvalue weighted by molar-refractivity contribution is 0.580. The molecule has 2 aromatic heterocycles. The molecule has 0 aliphatic heterocycles. The molecule has 2 rings (SSSR count). The average Bonchev–Trinajstić information content (AvgIpc) is 3.03. The minimum atomic E-state index is -3.53. The van der Waals surface area contributed by atoms with Crippen LogP contribution in [0, 0.1) is 0 Å². The highest BCUT2D eigenvalue weighted by Crippen LogP contribution is 2.31. The smallest absolute Gasteiger partial charge is 0.242 e. The third kappa shape index (κ3) is 4.83. The maximum Gasteiger partial charge on any atom is 0.242 e. The van der Waals surface area contributed by atoms with Crippen LogP contribution >= 0.6 is 38.6 Å². The molecule has 21 heavy (non-hydrogen) atoms. The number of rotatable bonds is 7. The SMILES string of the molecule is CC(C)NCc1cc(S(=O)(=O)NCc2nccs2)c(Br)s1. The number of nitrogens with zero attached hydrogens (tertiary/aromatic N) is 1. The number of aromatic nitrogens is 1. The molecule has 0 bridgehead atoms. The van der Waals surface area contributed by atoms with Gasteiger partial charge in [-0.15, -0.1) is 22.7 Å². The van der Waals surface area contributed by atoms with Gasteiger partial charge in [0.25, 0.3) is 0 Å². The summed E-state index contributed by atoms with van der Waals surface area (Å²) in [6.45, 7) is 4.97. The van der Waals surface area contributed by atoms with E-state index in [0.29, 0.717) is 16.4 Å². The zero-order chi connectivity index (χ0) is 15.5. The summed E-state index contributed by atoms with van der Waals surface area (Å²) in [5.74, 6) is 0. The lowest BCUT2D eigenvalue weighted by atomic mass is 10.4. The van der Waals surface area contributed by atoms with E-state index >= 15 is 0 Å². The predicted molar refractivity (Wildman–Crippen MR) is 90.1 cm³/mol. The van der Waals surface area contributed by atoms with Gasteiger partial charge in [-0.25, -0.2) is 18.1 Å². The van der Waals surface area contributed by atoms with Gasteiger partial charge in [0, 0.05) is 29.0 Å². The highest BCUT2D eigenvalue weighted by atomic mass is 79.9. The molecule has 0 fully saturated rings. The molecule has 5 nitrogen and oxygen atoms in total. The Morgan fingerprint density at radius 3 is 2.76 bits per heavy atom. The number of thiophene rings is 1. The Morgan fingerprint density at radius 2 is 2.14 bits per heavy atom. The third-order valence-corrected chi connectivity index (χ3v) is 7.01. The molecule has 2 N–H and O–H groups in total. The fourth-order valence-corrected chi connectivity index (χ4v) is 5.81. The zero-order valence-electron chi connectivity index (χ0n) is 11.6. The van der Waals surface area contributed by atoms with Crippen molar-refractivity contribution in [1.82, 2.24) is 15.0 Å². The normalized spacial score (nSPS) is 12.2. The van der Waals surface area contributed by atoms with Crippen molar-refractivity contribution in [2.45, 2.75) is 37.9 Å². The molecule has 0 saturated carbocycles. The van der Waals surface area contributed by atoms with Crippen molar-refractivity contribution in [3.05, 3.63) is 31.3 Å². The molecule has 2 heterocycles. The second-order valence-corrected chi connectivity index (χ2v) is 9.81. The predicted octanol–water partition coefficient (Wildman–Crippen LogP) is 2.94. The Bertz CT molecular complexity index is 681. The Labute approximate surface area is 141 Å². The van der Waals surface area contributed by atoms with Crippen LogP contribution in [0.5, 0.6) is 0 Å². The van der Waals surface area contributed by atoms with Gasteiger partial charge in [-0.05, 0) is 22.0 Å². The monoisotopic (exact) mass is 409 g/mol. The van der Waals surface area contributed by atoms with Crippen LogP contribution in [0.2, 0.25) is 0 Å². The number of hydrogen-bond acceptors (Lipinski definition) is 6. The largest absolute Gasteiger partial charge is 0.310 e. The van der Waals surface area contributed by atoms with Gasteiger partial charge in [0.1, 0.15) is 9.90 Å². The molecule has 116 valence electrons. The Morgan fingerprint density at radius 1 is 1.38 bits per heavy atom. The van der Waals surface area contributed by atoms with Crippen molar-refractivity contribution in [3.8, 4) is 0 Å². The first-order chi connectivity index (χ1) is 9.88. The standard InChI is InChI=1S/C12H16BrN3O2S3/c1-8(2)15-6-9-5-10(12(13)20-9)21(17,18)16-7-11-14-3-4-19-11/h3-5,8,15-16H,6-7H2,1-2H3. The van der Waals surface area contributed by atoms with E-state index in [9.17, 15) is 8.42 Å². The van der Waals surface area contributed by atoms with Gasteiger partial charge in [0.05, 0.1) is 10.3 Å². The minimum Gasteiger partial charge on any atom is -0.310 e. The minimum absolute atomic E-state index is 0.210. The van der Waals surface area contributed by atoms with Crippen molar-refractivity contribution in [1.29, 1.82) is 0 Å². The molecule has 0 spiro atoms. The van der Waals surface area contributed by atoms with E-state index in [1.54, 1.807) is 12.3 Å². The van der Waals surface area contributed by atoms with E-state index < -0.39 is 10.0 Å². The summed E-state index contributed by atoms with van der Waals surface area (Å²) < 4.78 is 27.8. The third-order valence-electron chi connectivity index (χ3n) is 2.58. The second-order valence-electron chi connectivity index (χ2n) is 4.64. The Hall–Kier alpha value is -0.320. The molecule has 0 aliphatic rings. The summed E-state index contributed by atoms with van der Waals surface area (Å²) in [5, 5.41) is 5.84. The van der Waals surface area contributed by atoms with E-state index in [2.05, 4.69) is 44.8 Å². The number of hydrogen-bond donors (Lipinski definition) is 2. The zero-order valence-corrected chi connectivity index (χ0v) is 15.6. The molecule has 0 aromatic carbocycles. The van der Waals surface area contributed by atoms with E-state index in [4.69, 9.17) is 0 Å². The first kappa shape index (κ1) is 17.0. The number of sulfonamides is 1. The molecular weight excluding hydrogens is 394 g/mol. The molecule has 0 unspecified atom stereocenters. The molecule has 9 heteroatoms. The highest BCUT2D eigenvalue weighted by molar-refractivity contribution is 9.11. The van der Waals surface area contributed by atoms with Crippen LogP contribution in [0.1, 0.15) is 23.7 Å². The maximum absolute atomic E-state index is 12.3. The summed E-state index contributed by atoms with van der Waals surface area (Å²) in [6.07, 6.45) is 1.66. The molecular formula is C12H16BrN3O2S3. The summed E-state index contributed by atoms with van der Waals surface area (Å²) >= 11 is 6.19. The van der Waals surface area contributed by atoms with Crippen LogP contribution in [0.15, 0.2) is 26.3 Å². The topological polar surface area (TPSA) is 71.1 Å². The van der Waals surface area contributed by atoms with Crippen molar-refractivity contribution in [2.75, 3.05) is 0 Å². The molecule has 2 aromatic rings. The van der Waals surface area contributed by atoms with Gasteiger partial charge in [-0.1, -0.05) is 13.8 Å².